The smallest absolute Gasteiger partial charge is 0.340 e. The van der Waals surface area contributed by atoms with Crippen LogP contribution in [0.25, 0.3) is 0 Å². The number of aromatic hydroxyl groups is 2. The van der Waals surface area contributed by atoms with Crippen molar-refractivity contribution in [2.45, 2.75) is 84.7 Å². The van der Waals surface area contributed by atoms with Crippen molar-refractivity contribution >= 4 is 43.8 Å². The largest absolute Gasteiger partial charge is 0.508 e. The zero-order chi connectivity index (χ0) is 30.1. The van der Waals surface area contributed by atoms with Gasteiger partial charge in [-0.1, -0.05) is 85.2 Å². The van der Waals surface area contributed by atoms with E-state index in [4.69, 9.17) is 4.74 Å². The van der Waals surface area contributed by atoms with E-state index in [1.54, 1.807) is 12.1 Å². The second-order valence-electron chi connectivity index (χ2n) is 10.6. The molecule has 0 bridgehead atoms. The van der Waals surface area contributed by atoms with Gasteiger partial charge < -0.3 is 20.1 Å². The summed E-state index contributed by atoms with van der Waals surface area (Å²) < 4.78 is 7.72. The van der Waals surface area contributed by atoms with Crippen LogP contribution < -0.4 is 0 Å². The molecule has 3 aromatic rings. The molecule has 1 heterocycles. The van der Waals surface area contributed by atoms with Gasteiger partial charge in [0.25, 0.3) is 0 Å². The van der Waals surface area contributed by atoms with Crippen LogP contribution >= 0.6 is 31.9 Å². The Hall–Kier alpha value is -2.84. The molecule has 0 atom stereocenters. The number of cyclic esters (lactones) is 1. The molecule has 0 radical (unpaired) electrons. The molecule has 0 fully saturated rings. The van der Waals surface area contributed by atoms with Crippen LogP contribution in [0, 0.1) is 0 Å². The number of esters is 1. The number of halogens is 2. The first-order valence-corrected chi connectivity index (χ1v) is 15.8. The van der Waals surface area contributed by atoms with E-state index < -0.39 is 17.5 Å². The zero-order valence-corrected chi connectivity index (χ0v) is 27.0. The Bertz CT molecular complexity index is 1440. The Morgan fingerprint density at radius 1 is 0.732 bits per heavy atom. The maximum atomic E-state index is 13.5. The lowest BCUT2D eigenvalue weighted by atomic mass is 9.76. The standard InChI is InChI=1S/C33H36Br2O6/c1-5-9-19-21(11-7-3)29(34)25(16-27(19)36)33(24-15-18(31(38)39)13-14-23(24)32(40)41-33)26-17-28(37)20(10-6-2)22(12-8-4)30(26)35/h13-17,36-37H,5-12H2,1-4H3,(H,38,39). The van der Waals surface area contributed by atoms with E-state index >= 15 is 0 Å². The van der Waals surface area contributed by atoms with Crippen LogP contribution in [-0.2, 0) is 36.0 Å². The summed E-state index contributed by atoms with van der Waals surface area (Å²) in [4.78, 5) is 25.6. The quantitative estimate of drug-likeness (QED) is 0.175. The highest BCUT2D eigenvalue weighted by molar-refractivity contribution is 9.11. The summed E-state index contributed by atoms with van der Waals surface area (Å²) >= 11 is 7.67. The molecule has 0 saturated heterocycles. The molecule has 0 unspecified atom stereocenters. The molecule has 4 rings (SSSR count). The minimum absolute atomic E-state index is 0.000108. The molecule has 3 aromatic carbocycles. The minimum Gasteiger partial charge on any atom is -0.508 e. The number of carboxylic acid groups (broad SMARTS) is 1. The molecule has 0 amide bonds. The topological polar surface area (TPSA) is 104 Å². The van der Waals surface area contributed by atoms with Crippen LogP contribution in [-0.4, -0.2) is 27.3 Å². The zero-order valence-electron chi connectivity index (χ0n) is 23.9. The van der Waals surface area contributed by atoms with Crippen molar-refractivity contribution in [3.8, 4) is 11.5 Å². The third-order valence-corrected chi connectivity index (χ3v) is 9.59. The molecular weight excluding hydrogens is 652 g/mol. The van der Waals surface area contributed by atoms with Gasteiger partial charge in [-0.3, -0.25) is 0 Å². The van der Waals surface area contributed by atoms with Crippen molar-refractivity contribution in [3.63, 3.8) is 0 Å². The van der Waals surface area contributed by atoms with E-state index in [-0.39, 0.29) is 22.6 Å². The first kappa shape index (κ1) is 31.1. The average molecular weight is 688 g/mol. The first-order chi connectivity index (χ1) is 19.6. The molecule has 0 spiro atoms. The Morgan fingerprint density at radius 2 is 1.17 bits per heavy atom. The molecule has 0 saturated carbocycles. The van der Waals surface area contributed by atoms with Crippen molar-refractivity contribution in [1.82, 2.24) is 0 Å². The molecular formula is C33H36Br2O6. The van der Waals surface area contributed by atoms with E-state index in [1.165, 1.54) is 18.2 Å². The van der Waals surface area contributed by atoms with Gasteiger partial charge in [-0.25, -0.2) is 9.59 Å². The number of carbonyl (C=O) groups excluding carboxylic acids is 1. The van der Waals surface area contributed by atoms with Crippen LogP contribution in [0.3, 0.4) is 0 Å². The number of rotatable bonds is 11. The van der Waals surface area contributed by atoms with Gasteiger partial charge in [-0.2, -0.15) is 0 Å². The second-order valence-corrected chi connectivity index (χ2v) is 12.2. The van der Waals surface area contributed by atoms with Gasteiger partial charge in [0.15, 0.2) is 5.60 Å². The third kappa shape index (κ3) is 5.29. The Labute approximate surface area is 258 Å². The van der Waals surface area contributed by atoms with E-state index in [0.29, 0.717) is 51.3 Å². The summed E-state index contributed by atoms with van der Waals surface area (Å²) in [5, 5.41) is 32.7. The lowest BCUT2D eigenvalue weighted by Gasteiger charge is -2.34. The third-order valence-electron chi connectivity index (χ3n) is 7.78. The van der Waals surface area contributed by atoms with Crippen molar-refractivity contribution in [2.75, 3.05) is 0 Å². The fraction of sp³-hybridized carbons (Fsp3) is 0.394. The Morgan fingerprint density at radius 3 is 1.59 bits per heavy atom. The number of benzene rings is 3. The highest BCUT2D eigenvalue weighted by atomic mass is 79.9. The van der Waals surface area contributed by atoms with Crippen LogP contribution in [0.2, 0.25) is 0 Å². The van der Waals surface area contributed by atoms with Gasteiger partial charge in [-0.05, 0) is 78.3 Å². The first-order valence-electron chi connectivity index (χ1n) is 14.3. The summed E-state index contributed by atoms with van der Waals surface area (Å²) in [5.41, 5.74) is 3.36. The summed E-state index contributed by atoms with van der Waals surface area (Å²) in [6.45, 7) is 8.22. The van der Waals surface area contributed by atoms with Gasteiger partial charge in [0.1, 0.15) is 11.5 Å². The molecule has 0 aliphatic carbocycles. The number of carbonyl (C=O) groups is 2. The van der Waals surface area contributed by atoms with Gasteiger partial charge in [0.05, 0.1) is 11.1 Å². The fourth-order valence-electron chi connectivity index (χ4n) is 6.01. The average Bonchev–Trinajstić information content (AvgIpc) is 3.24. The van der Waals surface area contributed by atoms with Crippen molar-refractivity contribution in [1.29, 1.82) is 0 Å². The highest BCUT2D eigenvalue weighted by Gasteiger charge is 2.52. The van der Waals surface area contributed by atoms with Crippen LogP contribution in [0.15, 0.2) is 39.3 Å². The molecule has 3 N–H and O–H groups in total. The van der Waals surface area contributed by atoms with Crippen molar-refractivity contribution in [2.24, 2.45) is 0 Å². The monoisotopic (exact) mass is 686 g/mol. The number of hydrogen-bond acceptors (Lipinski definition) is 5. The summed E-state index contributed by atoms with van der Waals surface area (Å²) in [7, 11) is 0. The second kappa shape index (κ2) is 12.6. The van der Waals surface area contributed by atoms with Gasteiger partial charge >= 0.3 is 11.9 Å². The maximum Gasteiger partial charge on any atom is 0.340 e. The van der Waals surface area contributed by atoms with Gasteiger partial charge in [0, 0.05) is 25.6 Å². The number of phenols is 2. The SMILES string of the molecule is CCCc1c(O)cc(C2(c3cc(O)c(CCC)c(CCC)c3Br)OC(=O)c3ccc(C(=O)O)cc32)c(Br)c1CCC. The number of fused-ring (bicyclic) bond motifs is 1. The van der Waals surface area contributed by atoms with Gasteiger partial charge in [0.2, 0.25) is 0 Å². The predicted octanol–water partition coefficient (Wildman–Crippen LogP) is 8.59. The van der Waals surface area contributed by atoms with E-state index in [1.807, 2.05) is 13.8 Å². The predicted molar refractivity (Wildman–Crippen MR) is 166 cm³/mol. The molecule has 1 aliphatic heterocycles. The molecule has 6 nitrogen and oxygen atoms in total. The van der Waals surface area contributed by atoms with Crippen LogP contribution in [0.1, 0.15) is 113 Å². The van der Waals surface area contributed by atoms with Crippen molar-refractivity contribution in [3.05, 3.63) is 89.3 Å². The Balaban J connectivity index is 2.22. The number of carboxylic acids is 1. The lowest BCUT2D eigenvalue weighted by Crippen LogP contribution is -2.32. The summed E-state index contributed by atoms with van der Waals surface area (Å²) in [5.74, 6) is -1.58. The molecule has 218 valence electrons. The van der Waals surface area contributed by atoms with Crippen LogP contribution in [0.5, 0.6) is 11.5 Å². The highest BCUT2D eigenvalue weighted by Crippen LogP contribution is 2.55. The molecule has 8 heteroatoms. The van der Waals surface area contributed by atoms with Crippen LogP contribution in [0.4, 0.5) is 0 Å². The van der Waals surface area contributed by atoms with Gasteiger partial charge in [-0.15, -0.1) is 0 Å². The van der Waals surface area contributed by atoms with E-state index in [2.05, 4.69) is 45.7 Å². The summed E-state index contributed by atoms with van der Waals surface area (Å²) in [6.07, 6.45) is 5.99. The number of ether oxygens (including phenoxy) is 1. The minimum atomic E-state index is -1.65. The van der Waals surface area contributed by atoms with Crippen molar-refractivity contribution < 1.29 is 29.6 Å². The van der Waals surface area contributed by atoms with E-state index in [0.717, 1.165) is 47.9 Å². The van der Waals surface area contributed by atoms with E-state index in [9.17, 15) is 24.9 Å². The molecule has 0 aromatic heterocycles. The summed E-state index contributed by atoms with van der Waals surface area (Å²) in [6, 6.07) is 7.56. The molecule has 41 heavy (non-hydrogen) atoms. The normalized spacial score (nSPS) is 13.8. The number of aromatic carboxylic acids is 1. The number of phenolic OH excluding ortho intramolecular Hbond substituents is 2. The fourth-order valence-corrected chi connectivity index (χ4v) is 7.67. The maximum absolute atomic E-state index is 13.5. The number of hydrogen-bond donors (Lipinski definition) is 3. The molecule has 1 aliphatic rings. The Kier molecular flexibility index (Phi) is 9.54. The lowest BCUT2D eigenvalue weighted by molar-refractivity contribution is 0.0245.